The lowest BCUT2D eigenvalue weighted by Gasteiger charge is -2.47. The molecule has 8 nitrogen and oxygen atoms in total. The van der Waals surface area contributed by atoms with Crippen LogP contribution in [0.4, 0.5) is 17.3 Å². The third-order valence-corrected chi connectivity index (χ3v) is 4.47. The second-order valence-corrected chi connectivity index (χ2v) is 5.83. The number of anilines is 2. The predicted molar refractivity (Wildman–Crippen MR) is 79.1 cm³/mol. The van der Waals surface area contributed by atoms with Gasteiger partial charge in [-0.05, 0) is 26.3 Å². The summed E-state index contributed by atoms with van der Waals surface area (Å²) in [5, 5.41) is 11.3. The number of nitrogens with zero attached hydrogens (tertiary/aromatic N) is 5. The number of fused-ring (bicyclic) bond motifs is 1. The highest BCUT2D eigenvalue weighted by Gasteiger charge is 2.37. The molecule has 2 aliphatic heterocycles. The summed E-state index contributed by atoms with van der Waals surface area (Å²) in [4.78, 5) is 23.2. The lowest BCUT2D eigenvalue weighted by molar-refractivity contribution is -0.383. The van der Waals surface area contributed by atoms with Gasteiger partial charge in [-0.25, -0.2) is 9.97 Å². The number of piperidine rings is 1. The number of piperazine rings is 1. The third-order valence-electron chi connectivity index (χ3n) is 4.47. The van der Waals surface area contributed by atoms with E-state index in [0.29, 0.717) is 11.9 Å². The van der Waals surface area contributed by atoms with Crippen molar-refractivity contribution >= 4 is 17.3 Å². The first-order valence-electron chi connectivity index (χ1n) is 7.33. The number of nitrogens with two attached hydrogens (primary N) is 1. The Labute approximate surface area is 123 Å². The van der Waals surface area contributed by atoms with Gasteiger partial charge in [0.1, 0.15) is 6.33 Å². The van der Waals surface area contributed by atoms with Crippen molar-refractivity contribution in [3.8, 4) is 0 Å². The molecule has 0 amide bonds. The van der Waals surface area contributed by atoms with Gasteiger partial charge in [-0.15, -0.1) is 0 Å². The fourth-order valence-electron chi connectivity index (χ4n) is 3.42. The Morgan fingerprint density at radius 3 is 2.95 bits per heavy atom. The van der Waals surface area contributed by atoms with E-state index in [1.807, 2.05) is 4.90 Å². The largest absolute Gasteiger partial charge is 0.378 e. The van der Waals surface area contributed by atoms with Crippen molar-refractivity contribution in [2.45, 2.75) is 38.3 Å². The smallest absolute Gasteiger partial charge is 0.353 e. The van der Waals surface area contributed by atoms with Gasteiger partial charge in [0.15, 0.2) is 0 Å². The molecule has 2 unspecified atom stereocenters. The molecule has 3 heterocycles. The molecule has 2 fully saturated rings. The van der Waals surface area contributed by atoms with Crippen LogP contribution in [-0.4, -0.2) is 51.5 Å². The Bertz CT molecular complexity index is 551. The fraction of sp³-hybridized carbons (Fsp3) is 0.692. The van der Waals surface area contributed by atoms with Crippen LogP contribution in [0.3, 0.4) is 0 Å². The minimum atomic E-state index is -0.482. The molecule has 1 aromatic heterocycles. The highest BCUT2D eigenvalue weighted by Crippen LogP contribution is 2.34. The highest BCUT2D eigenvalue weighted by atomic mass is 16.6. The molecule has 114 valence electrons. The zero-order valence-corrected chi connectivity index (χ0v) is 12.1. The van der Waals surface area contributed by atoms with E-state index in [0.717, 1.165) is 26.1 Å². The molecule has 2 N–H and O–H groups in total. The van der Waals surface area contributed by atoms with Crippen LogP contribution in [0.5, 0.6) is 0 Å². The summed E-state index contributed by atoms with van der Waals surface area (Å²) in [5.74, 6) is 0.286. The highest BCUT2D eigenvalue weighted by molar-refractivity contribution is 5.68. The van der Waals surface area contributed by atoms with E-state index in [1.165, 1.54) is 19.2 Å². The maximum atomic E-state index is 11.3. The number of aromatic nitrogens is 2. The van der Waals surface area contributed by atoms with Crippen molar-refractivity contribution in [3.05, 3.63) is 16.4 Å². The van der Waals surface area contributed by atoms with E-state index < -0.39 is 4.92 Å². The molecule has 8 heteroatoms. The van der Waals surface area contributed by atoms with Crippen molar-refractivity contribution in [2.24, 2.45) is 0 Å². The van der Waals surface area contributed by atoms with Crippen molar-refractivity contribution in [1.29, 1.82) is 0 Å². The minimum absolute atomic E-state index is 0.0664. The number of hydrogen-bond donors (Lipinski definition) is 1. The monoisotopic (exact) mass is 292 g/mol. The average molecular weight is 292 g/mol. The lowest BCUT2D eigenvalue weighted by atomic mass is 9.97. The van der Waals surface area contributed by atoms with E-state index in [-0.39, 0.29) is 17.5 Å². The second-order valence-electron chi connectivity index (χ2n) is 5.83. The van der Waals surface area contributed by atoms with Gasteiger partial charge in [-0.3, -0.25) is 15.0 Å². The molecule has 2 atom stereocenters. The standard InChI is InChI=1S/C13H20N6O2/c1-9-6-17-5-3-2-4-10(17)7-18(9)13-11(19(20)21)12(14)15-8-16-13/h8-10H,2-7H2,1H3,(H2,14,15,16). The molecule has 3 rings (SSSR count). The summed E-state index contributed by atoms with van der Waals surface area (Å²) >= 11 is 0. The first kappa shape index (κ1) is 14.0. The number of rotatable bonds is 2. The van der Waals surface area contributed by atoms with Gasteiger partial charge in [0.2, 0.25) is 11.6 Å². The molecule has 0 saturated carbocycles. The average Bonchev–Trinajstić information content (AvgIpc) is 2.45. The molecule has 0 aliphatic carbocycles. The van der Waals surface area contributed by atoms with E-state index >= 15 is 0 Å². The molecular formula is C13H20N6O2. The normalized spacial score (nSPS) is 26.4. The Hall–Kier alpha value is -1.96. The summed E-state index contributed by atoms with van der Waals surface area (Å²) in [6.07, 6.45) is 4.90. The molecule has 1 aromatic rings. The van der Waals surface area contributed by atoms with Crippen LogP contribution in [0.2, 0.25) is 0 Å². The Morgan fingerprint density at radius 1 is 1.38 bits per heavy atom. The van der Waals surface area contributed by atoms with Crippen LogP contribution in [0.25, 0.3) is 0 Å². The summed E-state index contributed by atoms with van der Waals surface area (Å²) < 4.78 is 0. The van der Waals surface area contributed by atoms with Gasteiger partial charge in [0.05, 0.1) is 4.92 Å². The van der Waals surface area contributed by atoms with Gasteiger partial charge in [-0.1, -0.05) is 6.42 Å². The Kier molecular flexibility index (Phi) is 3.62. The zero-order valence-electron chi connectivity index (χ0n) is 12.1. The summed E-state index contributed by atoms with van der Waals surface area (Å²) in [6, 6.07) is 0.623. The molecule has 2 saturated heterocycles. The molecule has 0 aromatic carbocycles. The van der Waals surface area contributed by atoms with Crippen molar-refractivity contribution in [1.82, 2.24) is 14.9 Å². The van der Waals surface area contributed by atoms with E-state index in [1.54, 1.807) is 0 Å². The van der Waals surface area contributed by atoms with Crippen LogP contribution >= 0.6 is 0 Å². The molecule has 0 radical (unpaired) electrons. The van der Waals surface area contributed by atoms with Crippen LogP contribution in [-0.2, 0) is 0 Å². The van der Waals surface area contributed by atoms with Gasteiger partial charge in [0, 0.05) is 25.2 Å². The van der Waals surface area contributed by atoms with E-state index in [9.17, 15) is 10.1 Å². The quantitative estimate of drug-likeness (QED) is 0.641. The number of nitro groups is 1. The molecule has 21 heavy (non-hydrogen) atoms. The number of hydrogen-bond acceptors (Lipinski definition) is 7. The Balaban J connectivity index is 1.93. The van der Waals surface area contributed by atoms with Gasteiger partial charge in [0.25, 0.3) is 0 Å². The van der Waals surface area contributed by atoms with Crippen molar-refractivity contribution < 1.29 is 4.92 Å². The maximum Gasteiger partial charge on any atom is 0.353 e. The summed E-state index contributed by atoms with van der Waals surface area (Å²) in [5.41, 5.74) is 5.50. The minimum Gasteiger partial charge on any atom is -0.378 e. The van der Waals surface area contributed by atoms with E-state index in [4.69, 9.17) is 5.73 Å². The van der Waals surface area contributed by atoms with Crippen molar-refractivity contribution in [3.63, 3.8) is 0 Å². The fourth-order valence-corrected chi connectivity index (χ4v) is 3.42. The van der Waals surface area contributed by atoms with Crippen molar-refractivity contribution in [2.75, 3.05) is 30.3 Å². The molecule has 0 spiro atoms. The first-order chi connectivity index (χ1) is 10.1. The van der Waals surface area contributed by atoms with Crippen LogP contribution in [0.1, 0.15) is 26.2 Å². The van der Waals surface area contributed by atoms with Gasteiger partial charge >= 0.3 is 5.69 Å². The molecule has 2 aliphatic rings. The first-order valence-corrected chi connectivity index (χ1v) is 7.33. The Morgan fingerprint density at radius 2 is 2.19 bits per heavy atom. The van der Waals surface area contributed by atoms with Crippen LogP contribution in [0, 0.1) is 10.1 Å². The zero-order chi connectivity index (χ0) is 15.0. The lowest BCUT2D eigenvalue weighted by Crippen LogP contribution is -2.59. The van der Waals surface area contributed by atoms with Crippen LogP contribution < -0.4 is 10.6 Å². The van der Waals surface area contributed by atoms with Crippen LogP contribution in [0.15, 0.2) is 6.33 Å². The summed E-state index contributed by atoms with van der Waals surface area (Å²) in [6.45, 7) is 4.87. The van der Waals surface area contributed by atoms with Gasteiger partial charge in [-0.2, -0.15) is 0 Å². The maximum absolute atomic E-state index is 11.3. The topological polar surface area (TPSA) is 101 Å². The van der Waals surface area contributed by atoms with Gasteiger partial charge < -0.3 is 10.6 Å². The number of nitrogen functional groups attached to an aromatic ring is 1. The summed E-state index contributed by atoms with van der Waals surface area (Å²) in [7, 11) is 0. The third kappa shape index (κ3) is 2.51. The molecule has 0 bridgehead atoms. The SMILES string of the molecule is CC1CN2CCCCC2CN1c1ncnc(N)c1[N+](=O)[O-]. The van der Waals surface area contributed by atoms with E-state index in [2.05, 4.69) is 21.8 Å². The predicted octanol–water partition coefficient (Wildman–Crippen LogP) is 1.03. The second kappa shape index (κ2) is 5.44. The molecular weight excluding hydrogens is 272 g/mol.